The Morgan fingerprint density at radius 3 is 2.86 bits per heavy atom. The third-order valence-corrected chi connectivity index (χ3v) is 6.22. The maximum Gasteiger partial charge on any atom is 0.244 e. The van der Waals surface area contributed by atoms with Gasteiger partial charge in [0.25, 0.3) is 0 Å². The van der Waals surface area contributed by atoms with E-state index < -0.39 is 0 Å². The highest BCUT2D eigenvalue weighted by Gasteiger charge is 2.55. The first-order valence-electron chi connectivity index (χ1n) is 7.97. The van der Waals surface area contributed by atoms with E-state index in [2.05, 4.69) is 34.7 Å². The molecule has 3 unspecified atom stereocenters. The number of amides is 1. The highest BCUT2D eigenvalue weighted by atomic mass is 32.1. The fourth-order valence-corrected chi connectivity index (χ4v) is 4.95. The van der Waals surface area contributed by atoms with Crippen LogP contribution in [0.25, 0.3) is 0 Å². The van der Waals surface area contributed by atoms with Crippen molar-refractivity contribution in [3.05, 3.63) is 22.4 Å². The van der Waals surface area contributed by atoms with Gasteiger partial charge in [0.1, 0.15) is 6.17 Å². The smallest absolute Gasteiger partial charge is 0.244 e. The summed E-state index contributed by atoms with van der Waals surface area (Å²) in [6.07, 6.45) is 5.38. The summed E-state index contributed by atoms with van der Waals surface area (Å²) in [5.74, 6) is 0.306. The van der Waals surface area contributed by atoms with Gasteiger partial charge in [-0.25, -0.2) is 0 Å². The van der Waals surface area contributed by atoms with Crippen LogP contribution in [0.4, 0.5) is 0 Å². The van der Waals surface area contributed by atoms with Crippen molar-refractivity contribution in [2.75, 3.05) is 6.61 Å². The molecule has 3 aliphatic rings. The van der Waals surface area contributed by atoms with Gasteiger partial charge in [0.2, 0.25) is 5.91 Å². The highest BCUT2D eigenvalue weighted by molar-refractivity contribution is 7.10. The first-order chi connectivity index (χ1) is 10.2. The minimum Gasteiger partial charge on any atom is -0.376 e. The average molecular weight is 306 g/mol. The first-order valence-corrected chi connectivity index (χ1v) is 8.85. The molecule has 21 heavy (non-hydrogen) atoms. The molecule has 0 aromatic carbocycles. The lowest BCUT2D eigenvalue weighted by Crippen LogP contribution is -2.47. The molecule has 3 heterocycles. The van der Waals surface area contributed by atoms with E-state index in [0.717, 1.165) is 38.7 Å². The SMILES string of the molecule is CC1OCCC1N1C(=O)C2(CCCC2)NC1c1cccs1. The fraction of sp³-hybridized carbons (Fsp3) is 0.688. The average Bonchev–Trinajstić information content (AvgIpc) is 3.22. The summed E-state index contributed by atoms with van der Waals surface area (Å²) >= 11 is 1.73. The third kappa shape index (κ3) is 2.05. The quantitative estimate of drug-likeness (QED) is 0.913. The second-order valence-corrected chi connectivity index (χ2v) is 7.48. The van der Waals surface area contributed by atoms with Gasteiger partial charge in [0.15, 0.2) is 0 Å². The zero-order valence-electron chi connectivity index (χ0n) is 12.4. The molecule has 1 aromatic rings. The molecule has 1 aromatic heterocycles. The molecular formula is C16H22N2O2S. The molecular weight excluding hydrogens is 284 g/mol. The number of ether oxygens (including phenoxy) is 1. The van der Waals surface area contributed by atoms with E-state index in [-0.39, 0.29) is 23.9 Å². The highest BCUT2D eigenvalue weighted by Crippen LogP contribution is 2.44. The van der Waals surface area contributed by atoms with Crippen molar-refractivity contribution in [2.24, 2.45) is 0 Å². The summed E-state index contributed by atoms with van der Waals surface area (Å²) < 4.78 is 5.72. The van der Waals surface area contributed by atoms with Crippen molar-refractivity contribution in [3.63, 3.8) is 0 Å². The Kier molecular flexibility index (Phi) is 3.32. The van der Waals surface area contributed by atoms with Gasteiger partial charge in [-0.2, -0.15) is 0 Å². The maximum absolute atomic E-state index is 13.2. The zero-order chi connectivity index (χ0) is 14.4. The van der Waals surface area contributed by atoms with Gasteiger partial charge in [-0.15, -0.1) is 11.3 Å². The molecule has 2 saturated heterocycles. The molecule has 1 amide bonds. The molecule has 0 radical (unpaired) electrons. The van der Waals surface area contributed by atoms with E-state index in [1.807, 2.05) is 0 Å². The van der Waals surface area contributed by atoms with Crippen molar-refractivity contribution in [1.82, 2.24) is 10.2 Å². The van der Waals surface area contributed by atoms with Crippen molar-refractivity contribution >= 4 is 17.2 Å². The van der Waals surface area contributed by atoms with Crippen LogP contribution in [0.15, 0.2) is 17.5 Å². The van der Waals surface area contributed by atoms with Crippen molar-refractivity contribution in [2.45, 2.75) is 62.9 Å². The predicted molar refractivity (Wildman–Crippen MR) is 82.1 cm³/mol. The van der Waals surface area contributed by atoms with E-state index in [1.165, 1.54) is 4.88 Å². The van der Waals surface area contributed by atoms with Crippen LogP contribution in [0, 0.1) is 0 Å². The number of thiophene rings is 1. The van der Waals surface area contributed by atoms with Crippen LogP contribution in [-0.2, 0) is 9.53 Å². The first kappa shape index (κ1) is 13.7. The van der Waals surface area contributed by atoms with Crippen molar-refractivity contribution in [1.29, 1.82) is 0 Å². The molecule has 1 aliphatic carbocycles. The normalized spacial score (nSPS) is 35.2. The van der Waals surface area contributed by atoms with E-state index in [4.69, 9.17) is 4.74 Å². The molecule has 2 aliphatic heterocycles. The second kappa shape index (κ2) is 5.07. The molecule has 4 rings (SSSR count). The predicted octanol–water partition coefficient (Wildman–Crippen LogP) is 2.67. The number of nitrogens with one attached hydrogen (secondary N) is 1. The molecule has 1 spiro atoms. The van der Waals surface area contributed by atoms with Crippen LogP contribution in [-0.4, -0.2) is 35.1 Å². The van der Waals surface area contributed by atoms with Gasteiger partial charge < -0.3 is 9.64 Å². The molecule has 3 fully saturated rings. The third-order valence-electron chi connectivity index (χ3n) is 5.30. The van der Waals surface area contributed by atoms with Gasteiger partial charge in [0, 0.05) is 11.5 Å². The topological polar surface area (TPSA) is 41.6 Å². The van der Waals surface area contributed by atoms with E-state index in [0.29, 0.717) is 5.91 Å². The van der Waals surface area contributed by atoms with Crippen LogP contribution in [0.1, 0.15) is 50.1 Å². The molecule has 0 bridgehead atoms. The van der Waals surface area contributed by atoms with Gasteiger partial charge in [-0.1, -0.05) is 18.9 Å². The Morgan fingerprint density at radius 2 is 2.24 bits per heavy atom. The molecule has 1 N–H and O–H groups in total. The van der Waals surface area contributed by atoms with E-state index in [9.17, 15) is 4.79 Å². The summed E-state index contributed by atoms with van der Waals surface area (Å²) in [6, 6.07) is 4.41. The van der Waals surface area contributed by atoms with Crippen molar-refractivity contribution < 1.29 is 9.53 Å². The molecule has 5 heteroatoms. The number of hydrogen-bond acceptors (Lipinski definition) is 4. The van der Waals surface area contributed by atoms with Gasteiger partial charge >= 0.3 is 0 Å². The minimum absolute atomic E-state index is 0.0322. The summed E-state index contributed by atoms with van der Waals surface area (Å²) in [5.41, 5.74) is -0.309. The van der Waals surface area contributed by atoms with Gasteiger partial charge in [0.05, 0.1) is 17.7 Å². The fourth-order valence-electron chi connectivity index (χ4n) is 4.18. The number of hydrogen-bond donors (Lipinski definition) is 1. The van der Waals surface area contributed by atoms with E-state index >= 15 is 0 Å². The minimum atomic E-state index is -0.309. The summed E-state index contributed by atoms with van der Waals surface area (Å²) in [6.45, 7) is 2.86. The lowest BCUT2D eigenvalue weighted by molar-refractivity contribution is -0.136. The Labute approximate surface area is 129 Å². The lowest BCUT2D eigenvalue weighted by Gasteiger charge is -2.31. The largest absolute Gasteiger partial charge is 0.376 e. The molecule has 114 valence electrons. The number of rotatable bonds is 2. The Hall–Kier alpha value is -0.910. The summed E-state index contributed by atoms with van der Waals surface area (Å²) in [5, 5.41) is 5.79. The molecule has 1 saturated carbocycles. The molecule has 3 atom stereocenters. The van der Waals surface area contributed by atoms with Gasteiger partial charge in [-0.05, 0) is 37.6 Å². The monoisotopic (exact) mass is 306 g/mol. The molecule has 4 nitrogen and oxygen atoms in total. The standard InChI is InChI=1S/C16H22N2O2S/c1-11-12(6-9-20-11)18-14(13-5-4-10-21-13)17-16(15(18)19)7-2-3-8-16/h4-5,10-12,14,17H,2-3,6-9H2,1H3. The second-order valence-electron chi connectivity index (χ2n) is 6.50. The van der Waals surface area contributed by atoms with Gasteiger partial charge in [-0.3, -0.25) is 10.1 Å². The van der Waals surface area contributed by atoms with Crippen LogP contribution in [0.3, 0.4) is 0 Å². The van der Waals surface area contributed by atoms with Crippen LogP contribution >= 0.6 is 11.3 Å². The van der Waals surface area contributed by atoms with Crippen LogP contribution in [0.2, 0.25) is 0 Å². The number of nitrogens with zero attached hydrogens (tertiary/aromatic N) is 1. The summed E-state index contributed by atoms with van der Waals surface area (Å²) in [4.78, 5) is 16.5. The van der Waals surface area contributed by atoms with Crippen molar-refractivity contribution in [3.8, 4) is 0 Å². The van der Waals surface area contributed by atoms with E-state index in [1.54, 1.807) is 11.3 Å². The Morgan fingerprint density at radius 1 is 1.43 bits per heavy atom. The zero-order valence-corrected chi connectivity index (χ0v) is 13.2. The van der Waals surface area contributed by atoms with Crippen LogP contribution < -0.4 is 5.32 Å². The number of carbonyl (C=O) groups is 1. The Bertz CT molecular complexity index is 524. The Balaban J connectivity index is 1.71. The lowest BCUT2D eigenvalue weighted by atomic mass is 9.97. The van der Waals surface area contributed by atoms with Crippen LogP contribution in [0.5, 0.6) is 0 Å². The maximum atomic E-state index is 13.2. The summed E-state index contributed by atoms with van der Waals surface area (Å²) in [7, 11) is 0. The number of carbonyl (C=O) groups excluding carboxylic acids is 1.